The number of hydrogen-bond donors (Lipinski definition) is 2. The van der Waals surface area contributed by atoms with Crippen LogP contribution in [0.2, 0.25) is 5.02 Å². The van der Waals surface area contributed by atoms with Crippen LogP contribution in [0.25, 0.3) is 0 Å². The number of nitrogens with one attached hydrogen (secondary N) is 1. The molecular weight excluding hydrogens is 242 g/mol. The average Bonchev–Trinajstić information content (AvgIpc) is 2.23. The normalized spacial score (nSPS) is 10.0. The van der Waals surface area contributed by atoms with Gasteiger partial charge in [-0.2, -0.15) is 0 Å². The van der Waals surface area contributed by atoms with Crippen molar-refractivity contribution in [1.82, 2.24) is 5.32 Å². The summed E-state index contributed by atoms with van der Waals surface area (Å²) in [6.07, 6.45) is 0.451. The van der Waals surface area contributed by atoms with Gasteiger partial charge in [0.15, 0.2) is 0 Å². The second-order valence-corrected chi connectivity index (χ2v) is 4.14. The smallest absolute Gasteiger partial charge is 0.303 e. The van der Waals surface area contributed by atoms with Crippen LogP contribution in [0.15, 0.2) is 18.2 Å². The van der Waals surface area contributed by atoms with E-state index in [1.54, 1.807) is 18.2 Å². The maximum Gasteiger partial charge on any atom is 0.303 e. The standard InChI is InChI=1S/C12H14ClNO3/c1-8-4-5-9(10(13)7-8)12(17)14-6-2-3-11(15)16/h4-5,7H,2-3,6H2,1H3,(H,14,17)(H,15,16). The Bertz CT molecular complexity index is 432. The van der Waals surface area contributed by atoms with Gasteiger partial charge in [0.25, 0.3) is 5.91 Å². The second kappa shape index (κ2) is 6.25. The lowest BCUT2D eigenvalue weighted by Crippen LogP contribution is -2.25. The lowest BCUT2D eigenvalue weighted by atomic mass is 10.1. The third-order valence-electron chi connectivity index (χ3n) is 2.22. The van der Waals surface area contributed by atoms with E-state index < -0.39 is 5.97 Å². The maximum absolute atomic E-state index is 11.7. The van der Waals surface area contributed by atoms with Crippen LogP contribution in [-0.2, 0) is 4.79 Å². The molecule has 0 spiro atoms. The zero-order chi connectivity index (χ0) is 12.8. The molecule has 2 N–H and O–H groups in total. The van der Waals surface area contributed by atoms with E-state index >= 15 is 0 Å². The molecule has 1 amide bonds. The molecule has 92 valence electrons. The number of carboxylic acid groups (broad SMARTS) is 1. The van der Waals surface area contributed by atoms with Crippen LogP contribution in [0.3, 0.4) is 0 Å². The van der Waals surface area contributed by atoms with Crippen LogP contribution in [0.5, 0.6) is 0 Å². The third-order valence-corrected chi connectivity index (χ3v) is 2.53. The van der Waals surface area contributed by atoms with Crippen molar-refractivity contribution in [3.05, 3.63) is 34.3 Å². The Balaban J connectivity index is 2.50. The minimum absolute atomic E-state index is 0.0436. The molecular formula is C12H14ClNO3. The minimum atomic E-state index is -0.868. The van der Waals surface area contributed by atoms with E-state index in [-0.39, 0.29) is 12.3 Å². The molecule has 1 aromatic rings. The van der Waals surface area contributed by atoms with Gasteiger partial charge < -0.3 is 10.4 Å². The van der Waals surface area contributed by atoms with Gasteiger partial charge in [0.2, 0.25) is 0 Å². The SMILES string of the molecule is Cc1ccc(C(=O)NCCCC(=O)O)c(Cl)c1. The Morgan fingerprint density at radius 1 is 1.41 bits per heavy atom. The number of halogens is 1. The number of amides is 1. The van der Waals surface area contributed by atoms with Crippen molar-refractivity contribution in [3.63, 3.8) is 0 Å². The van der Waals surface area contributed by atoms with E-state index in [9.17, 15) is 9.59 Å². The molecule has 17 heavy (non-hydrogen) atoms. The van der Waals surface area contributed by atoms with Gasteiger partial charge in [0.05, 0.1) is 10.6 Å². The molecule has 0 radical (unpaired) electrons. The minimum Gasteiger partial charge on any atom is -0.481 e. The molecule has 4 nitrogen and oxygen atoms in total. The Hall–Kier alpha value is -1.55. The third kappa shape index (κ3) is 4.44. The van der Waals surface area contributed by atoms with Crippen molar-refractivity contribution in [3.8, 4) is 0 Å². The molecule has 1 rings (SSSR count). The van der Waals surface area contributed by atoms with E-state index in [0.29, 0.717) is 23.6 Å². The highest BCUT2D eigenvalue weighted by Crippen LogP contribution is 2.17. The quantitative estimate of drug-likeness (QED) is 0.793. The molecule has 0 fully saturated rings. The molecule has 0 aliphatic rings. The van der Waals surface area contributed by atoms with E-state index in [0.717, 1.165) is 5.56 Å². The Morgan fingerprint density at radius 2 is 2.12 bits per heavy atom. The topological polar surface area (TPSA) is 66.4 Å². The van der Waals surface area contributed by atoms with Crippen LogP contribution in [0.4, 0.5) is 0 Å². The Morgan fingerprint density at radius 3 is 2.71 bits per heavy atom. The van der Waals surface area contributed by atoms with Gasteiger partial charge in [0.1, 0.15) is 0 Å². The second-order valence-electron chi connectivity index (χ2n) is 3.74. The predicted molar refractivity (Wildman–Crippen MR) is 65.4 cm³/mol. The summed E-state index contributed by atoms with van der Waals surface area (Å²) in [7, 11) is 0. The van der Waals surface area contributed by atoms with E-state index in [2.05, 4.69) is 5.32 Å². The van der Waals surface area contributed by atoms with Gasteiger partial charge in [-0.1, -0.05) is 17.7 Å². The monoisotopic (exact) mass is 255 g/mol. The number of benzene rings is 1. The van der Waals surface area contributed by atoms with Crippen molar-refractivity contribution in [1.29, 1.82) is 0 Å². The van der Waals surface area contributed by atoms with Gasteiger partial charge >= 0.3 is 5.97 Å². The summed E-state index contributed by atoms with van der Waals surface area (Å²) in [5.41, 5.74) is 1.39. The fraction of sp³-hybridized carbons (Fsp3) is 0.333. The summed E-state index contributed by atoms with van der Waals surface area (Å²) in [6.45, 7) is 2.22. The first kappa shape index (κ1) is 13.5. The molecule has 0 bridgehead atoms. The summed E-state index contributed by atoms with van der Waals surface area (Å²) in [4.78, 5) is 22.0. The van der Waals surface area contributed by atoms with Crippen molar-refractivity contribution in [2.24, 2.45) is 0 Å². The lowest BCUT2D eigenvalue weighted by molar-refractivity contribution is -0.137. The van der Waals surface area contributed by atoms with Gasteiger partial charge in [-0.05, 0) is 31.0 Å². The summed E-state index contributed by atoms with van der Waals surface area (Å²) >= 11 is 5.93. The number of rotatable bonds is 5. The fourth-order valence-electron chi connectivity index (χ4n) is 1.34. The number of hydrogen-bond acceptors (Lipinski definition) is 2. The zero-order valence-electron chi connectivity index (χ0n) is 9.50. The van der Waals surface area contributed by atoms with E-state index in [1.165, 1.54) is 0 Å². The Labute approximate surface area is 105 Å². The van der Waals surface area contributed by atoms with E-state index in [1.807, 2.05) is 6.92 Å². The first-order valence-corrected chi connectivity index (χ1v) is 5.64. The highest BCUT2D eigenvalue weighted by molar-refractivity contribution is 6.33. The Kier molecular flexibility index (Phi) is 4.97. The molecule has 0 unspecified atom stereocenters. The van der Waals surface area contributed by atoms with Crippen molar-refractivity contribution in [2.45, 2.75) is 19.8 Å². The lowest BCUT2D eigenvalue weighted by Gasteiger charge is -2.06. The largest absolute Gasteiger partial charge is 0.481 e. The molecule has 0 heterocycles. The number of carboxylic acids is 1. The molecule has 0 aliphatic carbocycles. The first-order valence-electron chi connectivity index (χ1n) is 5.27. The highest BCUT2D eigenvalue weighted by atomic mass is 35.5. The molecule has 5 heteroatoms. The summed E-state index contributed by atoms with van der Waals surface area (Å²) in [6, 6.07) is 5.18. The molecule has 0 saturated heterocycles. The fourth-order valence-corrected chi connectivity index (χ4v) is 1.66. The molecule has 0 aromatic heterocycles. The number of carbonyl (C=O) groups is 2. The van der Waals surface area contributed by atoms with Crippen LogP contribution in [-0.4, -0.2) is 23.5 Å². The van der Waals surface area contributed by atoms with Gasteiger partial charge in [-0.15, -0.1) is 0 Å². The van der Waals surface area contributed by atoms with E-state index in [4.69, 9.17) is 16.7 Å². The first-order chi connectivity index (χ1) is 8.00. The van der Waals surface area contributed by atoms with Gasteiger partial charge in [0, 0.05) is 13.0 Å². The van der Waals surface area contributed by atoms with Crippen LogP contribution in [0, 0.1) is 6.92 Å². The van der Waals surface area contributed by atoms with Crippen molar-refractivity contribution >= 4 is 23.5 Å². The van der Waals surface area contributed by atoms with Crippen LogP contribution in [0.1, 0.15) is 28.8 Å². The van der Waals surface area contributed by atoms with Gasteiger partial charge in [-0.3, -0.25) is 9.59 Å². The highest BCUT2D eigenvalue weighted by Gasteiger charge is 2.09. The molecule has 0 atom stereocenters. The molecule has 1 aromatic carbocycles. The van der Waals surface area contributed by atoms with Gasteiger partial charge in [-0.25, -0.2) is 0 Å². The maximum atomic E-state index is 11.7. The molecule has 0 aliphatic heterocycles. The summed E-state index contributed by atoms with van der Waals surface area (Å²) < 4.78 is 0. The number of carbonyl (C=O) groups excluding carboxylic acids is 1. The number of aryl methyl sites for hydroxylation is 1. The predicted octanol–water partition coefficient (Wildman–Crippen LogP) is 2.24. The average molecular weight is 256 g/mol. The molecule has 0 saturated carbocycles. The summed E-state index contributed by atoms with van der Waals surface area (Å²) in [5.74, 6) is -1.15. The number of aliphatic carboxylic acids is 1. The van der Waals surface area contributed by atoms with Crippen LogP contribution >= 0.6 is 11.6 Å². The van der Waals surface area contributed by atoms with Crippen molar-refractivity contribution < 1.29 is 14.7 Å². The van der Waals surface area contributed by atoms with Crippen molar-refractivity contribution in [2.75, 3.05) is 6.54 Å². The van der Waals surface area contributed by atoms with Crippen LogP contribution < -0.4 is 5.32 Å². The summed E-state index contributed by atoms with van der Waals surface area (Å²) in [5, 5.41) is 11.5. The zero-order valence-corrected chi connectivity index (χ0v) is 10.3.